The standard InChI is InChI=1S/C8H15ClN2O3S/c1-6(2)13-3-4-14-8(15)11-10-7(12)5-9/h6H,3-5H2,1-2H3,(H,10,12)(H,11,15). The van der Waals surface area contributed by atoms with Gasteiger partial charge < -0.3 is 9.47 Å². The van der Waals surface area contributed by atoms with Crippen LogP contribution in [0.15, 0.2) is 0 Å². The average Bonchev–Trinajstić information content (AvgIpc) is 2.20. The van der Waals surface area contributed by atoms with Crippen LogP contribution < -0.4 is 10.9 Å². The number of hydrogen-bond donors (Lipinski definition) is 2. The highest BCUT2D eigenvalue weighted by molar-refractivity contribution is 7.80. The van der Waals surface area contributed by atoms with Crippen molar-refractivity contribution in [2.75, 3.05) is 19.1 Å². The molecule has 0 unspecified atom stereocenters. The lowest BCUT2D eigenvalue weighted by atomic mass is 10.5. The van der Waals surface area contributed by atoms with E-state index in [1.165, 1.54) is 0 Å². The number of carbonyl (C=O) groups excluding carboxylic acids is 1. The first kappa shape index (κ1) is 14.4. The van der Waals surface area contributed by atoms with Crippen LogP contribution in [0.3, 0.4) is 0 Å². The second-order valence-electron chi connectivity index (χ2n) is 2.86. The van der Waals surface area contributed by atoms with E-state index in [4.69, 9.17) is 33.3 Å². The van der Waals surface area contributed by atoms with E-state index >= 15 is 0 Å². The number of nitrogens with one attached hydrogen (secondary N) is 2. The van der Waals surface area contributed by atoms with Crippen molar-refractivity contribution >= 4 is 34.9 Å². The van der Waals surface area contributed by atoms with Crippen LogP contribution in [-0.2, 0) is 14.3 Å². The fourth-order valence-corrected chi connectivity index (χ4v) is 0.810. The van der Waals surface area contributed by atoms with E-state index in [1.807, 2.05) is 13.8 Å². The second kappa shape index (κ2) is 8.70. The molecule has 0 fully saturated rings. The minimum Gasteiger partial charge on any atom is -0.467 e. The summed E-state index contributed by atoms with van der Waals surface area (Å²) in [6.07, 6.45) is 0.158. The molecule has 0 aromatic carbocycles. The smallest absolute Gasteiger partial charge is 0.275 e. The third kappa shape index (κ3) is 9.71. The highest BCUT2D eigenvalue weighted by Gasteiger charge is 2.00. The van der Waals surface area contributed by atoms with E-state index in [9.17, 15) is 4.79 Å². The third-order valence-electron chi connectivity index (χ3n) is 1.19. The van der Waals surface area contributed by atoms with Crippen LogP contribution in [0.5, 0.6) is 0 Å². The summed E-state index contributed by atoms with van der Waals surface area (Å²) in [6, 6.07) is 0. The number of ether oxygens (including phenoxy) is 2. The largest absolute Gasteiger partial charge is 0.467 e. The maximum absolute atomic E-state index is 10.7. The van der Waals surface area contributed by atoms with Gasteiger partial charge in [-0.05, 0) is 26.1 Å². The molecule has 0 aromatic heterocycles. The first-order valence-electron chi connectivity index (χ1n) is 4.45. The Balaban J connectivity index is 3.37. The number of carbonyl (C=O) groups is 1. The van der Waals surface area contributed by atoms with Gasteiger partial charge in [0.1, 0.15) is 12.5 Å². The number of alkyl halides is 1. The summed E-state index contributed by atoms with van der Waals surface area (Å²) in [5.74, 6) is -0.507. The van der Waals surface area contributed by atoms with Gasteiger partial charge in [0.2, 0.25) is 0 Å². The first-order valence-corrected chi connectivity index (χ1v) is 5.39. The van der Waals surface area contributed by atoms with Crippen molar-refractivity contribution in [3.05, 3.63) is 0 Å². The number of amides is 1. The molecule has 0 aliphatic carbocycles. The SMILES string of the molecule is CC(C)OCCOC(=S)NNC(=O)CCl. The van der Waals surface area contributed by atoms with Crippen LogP contribution in [0.2, 0.25) is 0 Å². The molecular weight excluding hydrogens is 240 g/mol. The van der Waals surface area contributed by atoms with E-state index in [-0.39, 0.29) is 23.1 Å². The Morgan fingerprint density at radius 2 is 2.07 bits per heavy atom. The van der Waals surface area contributed by atoms with Gasteiger partial charge in [0.15, 0.2) is 0 Å². The van der Waals surface area contributed by atoms with Crippen molar-refractivity contribution in [2.24, 2.45) is 0 Å². The Hall–Kier alpha value is -0.590. The van der Waals surface area contributed by atoms with Gasteiger partial charge in [0, 0.05) is 0 Å². The molecule has 0 aromatic rings. The molecule has 7 heteroatoms. The Morgan fingerprint density at radius 3 is 2.60 bits per heavy atom. The zero-order valence-electron chi connectivity index (χ0n) is 8.71. The molecule has 0 radical (unpaired) electrons. The van der Waals surface area contributed by atoms with Crippen LogP contribution >= 0.6 is 23.8 Å². The molecule has 88 valence electrons. The van der Waals surface area contributed by atoms with Crippen LogP contribution in [0, 0.1) is 0 Å². The van der Waals surface area contributed by atoms with E-state index in [1.54, 1.807) is 0 Å². The molecule has 0 spiro atoms. The minimum absolute atomic E-state index is 0.0841. The van der Waals surface area contributed by atoms with E-state index in [0.29, 0.717) is 13.2 Å². The van der Waals surface area contributed by atoms with Crippen molar-refractivity contribution in [1.82, 2.24) is 10.9 Å². The lowest BCUT2D eigenvalue weighted by Gasteiger charge is -2.11. The average molecular weight is 255 g/mol. The molecule has 0 aliphatic heterocycles. The maximum atomic E-state index is 10.7. The molecule has 15 heavy (non-hydrogen) atoms. The Labute approximate surface area is 99.4 Å². The molecule has 0 saturated carbocycles. The number of hydrazine groups is 1. The van der Waals surface area contributed by atoms with E-state index < -0.39 is 0 Å². The lowest BCUT2D eigenvalue weighted by Crippen LogP contribution is -2.42. The van der Waals surface area contributed by atoms with Crippen LogP contribution in [0.4, 0.5) is 0 Å². The van der Waals surface area contributed by atoms with Crippen LogP contribution in [0.25, 0.3) is 0 Å². The molecule has 1 amide bonds. The predicted octanol–water partition coefficient (Wildman–Crippen LogP) is 0.572. The van der Waals surface area contributed by atoms with Gasteiger partial charge in [-0.2, -0.15) is 0 Å². The lowest BCUT2D eigenvalue weighted by molar-refractivity contribution is -0.119. The zero-order chi connectivity index (χ0) is 11.7. The number of rotatable bonds is 5. The van der Waals surface area contributed by atoms with Crippen LogP contribution in [0.1, 0.15) is 13.8 Å². The van der Waals surface area contributed by atoms with Crippen molar-refractivity contribution < 1.29 is 14.3 Å². The van der Waals surface area contributed by atoms with Gasteiger partial charge in [-0.25, -0.2) is 0 Å². The molecule has 0 heterocycles. The highest BCUT2D eigenvalue weighted by Crippen LogP contribution is 1.87. The van der Waals surface area contributed by atoms with E-state index in [2.05, 4.69) is 10.9 Å². The number of halogens is 1. The van der Waals surface area contributed by atoms with E-state index in [0.717, 1.165) is 0 Å². The predicted molar refractivity (Wildman–Crippen MR) is 61.6 cm³/mol. The van der Waals surface area contributed by atoms with Gasteiger partial charge in [-0.3, -0.25) is 15.6 Å². The maximum Gasteiger partial charge on any atom is 0.275 e. The summed E-state index contributed by atoms with van der Waals surface area (Å²) in [6.45, 7) is 4.64. The van der Waals surface area contributed by atoms with Crippen molar-refractivity contribution in [2.45, 2.75) is 20.0 Å². The summed E-state index contributed by atoms with van der Waals surface area (Å²) in [5.41, 5.74) is 4.65. The number of thiocarbonyl (C=S) groups is 1. The molecule has 2 N–H and O–H groups in total. The summed E-state index contributed by atoms with van der Waals surface area (Å²) in [7, 11) is 0. The zero-order valence-corrected chi connectivity index (χ0v) is 10.3. The summed E-state index contributed by atoms with van der Waals surface area (Å²) < 4.78 is 10.2. The van der Waals surface area contributed by atoms with Crippen molar-refractivity contribution in [3.63, 3.8) is 0 Å². The van der Waals surface area contributed by atoms with Gasteiger partial charge in [-0.1, -0.05) is 0 Å². The van der Waals surface area contributed by atoms with Gasteiger partial charge in [0.05, 0.1) is 12.7 Å². The Morgan fingerprint density at radius 1 is 1.40 bits per heavy atom. The van der Waals surface area contributed by atoms with Gasteiger partial charge >= 0.3 is 0 Å². The first-order chi connectivity index (χ1) is 7.06. The molecule has 0 rings (SSSR count). The fourth-order valence-electron chi connectivity index (χ4n) is 0.608. The quantitative estimate of drug-likeness (QED) is 0.325. The third-order valence-corrected chi connectivity index (χ3v) is 1.66. The van der Waals surface area contributed by atoms with Gasteiger partial charge in [-0.15, -0.1) is 11.6 Å². The Bertz CT molecular complexity index is 214. The van der Waals surface area contributed by atoms with Gasteiger partial charge in [0.25, 0.3) is 11.1 Å². The molecule has 0 bridgehead atoms. The summed E-state index contributed by atoms with van der Waals surface area (Å²) in [5, 5.41) is 0.0841. The normalized spacial score (nSPS) is 9.87. The second-order valence-corrected chi connectivity index (χ2v) is 3.50. The van der Waals surface area contributed by atoms with Crippen molar-refractivity contribution in [1.29, 1.82) is 0 Å². The highest BCUT2D eigenvalue weighted by atomic mass is 35.5. The van der Waals surface area contributed by atoms with Crippen LogP contribution in [-0.4, -0.2) is 36.3 Å². The fraction of sp³-hybridized carbons (Fsp3) is 0.750. The monoisotopic (exact) mass is 254 g/mol. The van der Waals surface area contributed by atoms with Crippen molar-refractivity contribution in [3.8, 4) is 0 Å². The minimum atomic E-state index is -0.374. The molecule has 5 nitrogen and oxygen atoms in total. The topological polar surface area (TPSA) is 59.6 Å². The summed E-state index contributed by atoms with van der Waals surface area (Å²) in [4.78, 5) is 10.7. The molecule has 0 atom stereocenters. The molecule has 0 saturated heterocycles. The number of hydrogen-bond acceptors (Lipinski definition) is 4. The molecule has 0 aliphatic rings. The Kier molecular flexibility index (Phi) is 8.35. The molecular formula is C8H15ClN2O3S. The summed E-state index contributed by atoms with van der Waals surface area (Å²) >= 11 is 9.99.